The predicted octanol–water partition coefficient (Wildman–Crippen LogP) is 2.15. The summed E-state index contributed by atoms with van der Waals surface area (Å²) in [4.78, 5) is 6.60. The molecular weight excluding hydrogens is 200 g/mol. The number of benzene rings is 1. The summed E-state index contributed by atoms with van der Waals surface area (Å²) < 4.78 is 0. The minimum absolute atomic E-state index is 0.302. The largest absolute Gasteiger partial charge is 0.507 e. The van der Waals surface area contributed by atoms with Crippen LogP contribution in [0.1, 0.15) is 18.9 Å². The Labute approximate surface area is 97.4 Å². The van der Waals surface area contributed by atoms with Crippen molar-refractivity contribution in [2.24, 2.45) is 4.99 Å². The van der Waals surface area contributed by atoms with Crippen molar-refractivity contribution in [1.82, 2.24) is 4.90 Å². The van der Waals surface area contributed by atoms with Gasteiger partial charge >= 0.3 is 0 Å². The fraction of sp³-hybridized carbons (Fsp3) is 0.462. The van der Waals surface area contributed by atoms with Gasteiger partial charge in [-0.3, -0.25) is 4.99 Å². The Bertz CT molecular complexity index is 359. The molecule has 0 unspecified atom stereocenters. The van der Waals surface area contributed by atoms with Gasteiger partial charge in [0.15, 0.2) is 0 Å². The van der Waals surface area contributed by atoms with Crippen molar-refractivity contribution in [2.45, 2.75) is 13.3 Å². The first kappa shape index (κ1) is 12.7. The molecule has 0 aromatic heterocycles. The third kappa shape index (κ3) is 4.03. The molecule has 1 aromatic carbocycles. The third-order valence-corrected chi connectivity index (χ3v) is 2.41. The molecule has 0 aliphatic heterocycles. The van der Waals surface area contributed by atoms with Crippen LogP contribution in [0.3, 0.4) is 0 Å². The molecule has 0 aliphatic carbocycles. The fourth-order valence-corrected chi connectivity index (χ4v) is 1.50. The van der Waals surface area contributed by atoms with E-state index in [2.05, 4.69) is 24.0 Å². The maximum absolute atomic E-state index is 9.64. The Morgan fingerprint density at radius 3 is 2.62 bits per heavy atom. The normalized spacial score (nSPS) is 12.1. The average Bonchev–Trinajstić information content (AvgIpc) is 2.24. The lowest BCUT2D eigenvalue weighted by atomic mass is 10.1. The lowest BCUT2D eigenvalue weighted by Crippen LogP contribution is -2.13. The van der Waals surface area contributed by atoms with E-state index in [1.165, 1.54) is 0 Å². The van der Waals surface area contributed by atoms with Crippen molar-refractivity contribution in [3.05, 3.63) is 29.8 Å². The first-order valence-corrected chi connectivity index (χ1v) is 5.55. The Balaban J connectivity index is 2.54. The van der Waals surface area contributed by atoms with E-state index >= 15 is 0 Å². The highest BCUT2D eigenvalue weighted by atomic mass is 16.3. The molecule has 0 fully saturated rings. The van der Waals surface area contributed by atoms with Gasteiger partial charge in [-0.05, 0) is 46.1 Å². The Hall–Kier alpha value is -1.35. The minimum atomic E-state index is 0.302. The molecule has 0 amide bonds. The molecule has 0 atom stereocenters. The number of phenolic OH excluding ortho intramolecular Hbond substituents is 1. The van der Waals surface area contributed by atoms with Crippen LogP contribution in [-0.2, 0) is 0 Å². The van der Waals surface area contributed by atoms with Gasteiger partial charge in [0.2, 0.25) is 0 Å². The maximum Gasteiger partial charge on any atom is 0.124 e. The number of aliphatic imine (C=N–C) groups is 1. The van der Waals surface area contributed by atoms with Crippen molar-refractivity contribution in [3.63, 3.8) is 0 Å². The fourth-order valence-electron chi connectivity index (χ4n) is 1.50. The Morgan fingerprint density at radius 1 is 1.31 bits per heavy atom. The highest BCUT2D eigenvalue weighted by molar-refractivity contribution is 6.00. The summed E-state index contributed by atoms with van der Waals surface area (Å²) in [7, 11) is 4.11. The highest BCUT2D eigenvalue weighted by Gasteiger charge is 2.02. The first-order valence-electron chi connectivity index (χ1n) is 5.55. The van der Waals surface area contributed by atoms with Gasteiger partial charge in [-0.2, -0.15) is 0 Å². The summed E-state index contributed by atoms with van der Waals surface area (Å²) >= 11 is 0. The molecule has 0 bridgehead atoms. The van der Waals surface area contributed by atoms with Gasteiger partial charge in [-0.25, -0.2) is 0 Å². The van der Waals surface area contributed by atoms with Crippen LogP contribution in [0.25, 0.3) is 0 Å². The lowest BCUT2D eigenvalue weighted by Gasteiger charge is -2.08. The van der Waals surface area contributed by atoms with E-state index in [0.717, 1.165) is 30.8 Å². The van der Waals surface area contributed by atoms with E-state index in [1.54, 1.807) is 6.07 Å². The van der Waals surface area contributed by atoms with E-state index in [4.69, 9.17) is 0 Å². The zero-order valence-corrected chi connectivity index (χ0v) is 10.3. The molecule has 0 aliphatic rings. The number of para-hydroxylation sites is 1. The van der Waals surface area contributed by atoms with Crippen molar-refractivity contribution in [1.29, 1.82) is 0 Å². The second-order valence-electron chi connectivity index (χ2n) is 4.14. The molecule has 1 N–H and O–H groups in total. The molecule has 0 radical (unpaired) electrons. The predicted molar refractivity (Wildman–Crippen MR) is 68.4 cm³/mol. The van der Waals surface area contributed by atoms with Gasteiger partial charge in [-0.15, -0.1) is 0 Å². The molecule has 1 rings (SSSR count). The molecule has 0 heterocycles. The van der Waals surface area contributed by atoms with Crippen LogP contribution in [0.2, 0.25) is 0 Å². The van der Waals surface area contributed by atoms with Gasteiger partial charge in [0.1, 0.15) is 5.75 Å². The van der Waals surface area contributed by atoms with Crippen LogP contribution < -0.4 is 0 Å². The zero-order valence-electron chi connectivity index (χ0n) is 10.3. The molecule has 88 valence electrons. The quantitative estimate of drug-likeness (QED) is 0.609. The van der Waals surface area contributed by atoms with E-state index in [0.29, 0.717) is 5.75 Å². The SMILES string of the molecule is C/C(=N/CCCN(C)C)c1ccccc1O. The minimum Gasteiger partial charge on any atom is -0.507 e. The summed E-state index contributed by atoms with van der Waals surface area (Å²) in [5.41, 5.74) is 1.73. The summed E-state index contributed by atoms with van der Waals surface area (Å²) in [5.74, 6) is 0.302. The van der Waals surface area contributed by atoms with Crippen LogP contribution in [0.4, 0.5) is 0 Å². The molecule has 3 heteroatoms. The standard InChI is InChI=1S/C13H20N2O/c1-11(14-9-6-10-15(2)3)12-7-4-5-8-13(12)16/h4-5,7-8,16H,6,9-10H2,1-3H3/b14-11-. The number of hydrogen-bond donors (Lipinski definition) is 1. The van der Waals surface area contributed by atoms with E-state index in [9.17, 15) is 5.11 Å². The van der Waals surface area contributed by atoms with Gasteiger partial charge in [0, 0.05) is 17.8 Å². The Morgan fingerprint density at radius 2 is 2.00 bits per heavy atom. The van der Waals surface area contributed by atoms with Crippen molar-refractivity contribution < 1.29 is 5.11 Å². The second kappa shape index (κ2) is 6.28. The van der Waals surface area contributed by atoms with Gasteiger partial charge in [-0.1, -0.05) is 12.1 Å². The smallest absolute Gasteiger partial charge is 0.124 e. The van der Waals surface area contributed by atoms with E-state index in [-0.39, 0.29) is 0 Å². The van der Waals surface area contributed by atoms with Crippen LogP contribution in [0.5, 0.6) is 5.75 Å². The van der Waals surface area contributed by atoms with E-state index < -0.39 is 0 Å². The first-order chi connectivity index (χ1) is 7.61. The summed E-state index contributed by atoms with van der Waals surface area (Å²) in [5, 5.41) is 9.64. The monoisotopic (exact) mass is 220 g/mol. The molecule has 1 aromatic rings. The Kier molecular flexibility index (Phi) is 4.99. The number of nitrogens with zero attached hydrogens (tertiary/aromatic N) is 2. The number of aromatic hydroxyl groups is 1. The summed E-state index contributed by atoms with van der Waals surface area (Å²) in [6.45, 7) is 3.78. The molecular formula is C13H20N2O. The van der Waals surface area contributed by atoms with Crippen molar-refractivity contribution in [3.8, 4) is 5.75 Å². The van der Waals surface area contributed by atoms with Crippen LogP contribution in [0, 0.1) is 0 Å². The molecule has 0 saturated heterocycles. The number of phenols is 1. The molecule has 3 nitrogen and oxygen atoms in total. The van der Waals surface area contributed by atoms with Crippen LogP contribution >= 0.6 is 0 Å². The number of rotatable bonds is 5. The summed E-state index contributed by atoms with van der Waals surface area (Å²) in [6, 6.07) is 7.31. The van der Waals surface area contributed by atoms with Crippen molar-refractivity contribution >= 4 is 5.71 Å². The zero-order chi connectivity index (χ0) is 12.0. The number of hydrogen-bond acceptors (Lipinski definition) is 3. The van der Waals surface area contributed by atoms with Crippen LogP contribution in [0.15, 0.2) is 29.3 Å². The molecule has 0 spiro atoms. The van der Waals surface area contributed by atoms with Crippen LogP contribution in [-0.4, -0.2) is 42.9 Å². The average molecular weight is 220 g/mol. The topological polar surface area (TPSA) is 35.8 Å². The van der Waals surface area contributed by atoms with Gasteiger partial charge < -0.3 is 10.0 Å². The van der Waals surface area contributed by atoms with Gasteiger partial charge in [0.05, 0.1) is 0 Å². The second-order valence-corrected chi connectivity index (χ2v) is 4.14. The lowest BCUT2D eigenvalue weighted by molar-refractivity contribution is 0.403. The molecule has 16 heavy (non-hydrogen) atoms. The maximum atomic E-state index is 9.64. The highest BCUT2D eigenvalue weighted by Crippen LogP contribution is 2.16. The van der Waals surface area contributed by atoms with E-state index in [1.807, 2.05) is 25.1 Å². The third-order valence-electron chi connectivity index (χ3n) is 2.41. The summed E-state index contributed by atoms with van der Waals surface area (Å²) in [6.07, 6.45) is 1.04. The van der Waals surface area contributed by atoms with Gasteiger partial charge in [0.25, 0.3) is 0 Å². The van der Waals surface area contributed by atoms with Crippen molar-refractivity contribution in [2.75, 3.05) is 27.2 Å². The molecule has 0 saturated carbocycles.